The molecule has 0 aliphatic carbocycles. The lowest BCUT2D eigenvalue weighted by atomic mass is 10.3. The van der Waals surface area contributed by atoms with Gasteiger partial charge in [0.1, 0.15) is 0 Å². The van der Waals surface area contributed by atoms with Gasteiger partial charge < -0.3 is 19.4 Å². The summed E-state index contributed by atoms with van der Waals surface area (Å²) in [6.45, 7) is 13.2. The molecule has 0 aromatic carbocycles. The van der Waals surface area contributed by atoms with Crippen LogP contribution in [0, 0.1) is 20.2 Å². The molecular weight excluding hydrogens is 388 g/mol. The number of hydrogen-bond acceptors (Lipinski definition) is 8. The van der Waals surface area contributed by atoms with Crippen molar-refractivity contribution in [3.8, 4) is 0 Å². The second-order valence-electron chi connectivity index (χ2n) is 6.09. The van der Waals surface area contributed by atoms with Gasteiger partial charge in [-0.15, -0.1) is 20.2 Å². The molecule has 0 aliphatic heterocycles. The fourth-order valence-corrected chi connectivity index (χ4v) is 1.65. The van der Waals surface area contributed by atoms with Crippen LogP contribution in [0.15, 0.2) is 0 Å². The molecule has 0 heterocycles. The summed E-state index contributed by atoms with van der Waals surface area (Å²) in [4.78, 5) is 22.5. The fourth-order valence-electron chi connectivity index (χ4n) is 1.65. The molecule has 0 saturated carbocycles. The molecule has 2 unspecified atom stereocenters. The van der Waals surface area contributed by atoms with Gasteiger partial charge in [-0.25, -0.2) is 0 Å². The first kappa shape index (κ1) is 32.0. The third kappa shape index (κ3) is 37.7. The zero-order chi connectivity index (χ0) is 22.9. The summed E-state index contributed by atoms with van der Waals surface area (Å²) in [5.74, 6) is 0. The van der Waals surface area contributed by atoms with Crippen molar-refractivity contribution >= 4 is 0 Å². The van der Waals surface area contributed by atoms with Crippen LogP contribution in [0.1, 0.15) is 79.6 Å². The minimum atomic E-state index is -1.50. The van der Waals surface area contributed by atoms with E-state index in [2.05, 4.69) is 25.6 Å². The van der Waals surface area contributed by atoms with Crippen LogP contribution in [0.5, 0.6) is 0 Å². The lowest BCUT2D eigenvalue weighted by Crippen LogP contribution is -2.20. The topological polar surface area (TPSA) is 143 Å². The maximum Gasteiger partial charge on any atom is 0.297 e. The summed E-state index contributed by atoms with van der Waals surface area (Å²) >= 11 is 0. The Morgan fingerprint density at radius 2 is 1.31 bits per heavy atom. The van der Waals surface area contributed by atoms with Gasteiger partial charge >= 0.3 is 0 Å². The average molecular weight is 429 g/mol. The van der Waals surface area contributed by atoms with Crippen LogP contribution >= 0.6 is 0 Å². The first-order valence-corrected chi connectivity index (χ1v) is 10.2. The molecular formula is C18H40N2O9. The van der Waals surface area contributed by atoms with Crippen LogP contribution in [0.3, 0.4) is 0 Å². The lowest BCUT2D eigenvalue weighted by molar-refractivity contribution is -0.780. The summed E-state index contributed by atoms with van der Waals surface area (Å²) < 4.78 is 16.1. The van der Waals surface area contributed by atoms with Gasteiger partial charge in [-0.3, -0.25) is 4.84 Å². The minimum absolute atomic E-state index is 0.253. The molecule has 0 amide bonds. The Bertz CT molecular complexity index is 356. The van der Waals surface area contributed by atoms with E-state index in [1.54, 1.807) is 6.92 Å². The highest BCUT2D eigenvalue weighted by atomic mass is 17.0. The maximum atomic E-state index is 9.90. The highest BCUT2D eigenvalue weighted by Crippen LogP contribution is 2.02. The van der Waals surface area contributed by atoms with E-state index >= 15 is 0 Å². The van der Waals surface area contributed by atoms with Crippen LogP contribution in [0.2, 0.25) is 0 Å². The molecule has 1 N–H and O–H groups in total. The smallest absolute Gasteiger partial charge is 0.297 e. The van der Waals surface area contributed by atoms with E-state index in [4.69, 9.17) is 29.5 Å². The van der Waals surface area contributed by atoms with Crippen LogP contribution < -0.4 is 0 Å². The Morgan fingerprint density at radius 1 is 0.862 bits per heavy atom. The molecule has 0 aliphatic rings. The second kappa shape index (κ2) is 26.3. The number of unbranched alkanes of at least 4 members (excludes halogenated alkanes) is 3. The van der Waals surface area contributed by atoms with Crippen LogP contribution in [-0.4, -0.2) is 54.2 Å². The lowest BCUT2D eigenvalue weighted by Gasteiger charge is -2.12. The first-order chi connectivity index (χ1) is 13.7. The highest BCUT2D eigenvalue weighted by Gasteiger charge is 2.09. The molecule has 11 nitrogen and oxygen atoms in total. The van der Waals surface area contributed by atoms with Crippen molar-refractivity contribution in [2.75, 3.05) is 26.4 Å². The van der Waals surface area contributed by atoms with Gasteiger partial charge in [0.2, 0.25) is 6.29 Å². The van der Waals surface area contributed by atoms with Crippen LogP contribution in [-0.2, 0) is 19.0 Å². The van der Waals surface area contributed by atoms with Gasteiger partial charge in [-0.2, -0.15) is 0 Å². The van der Waals surface area contributed by atoms with E-state index in [1.165, 1.54) is 12.8 Å². The Morgan fingerprint density at radius 3 is 1.72 bits per heavy atom. The van der Waals surface area contributed by atoms with Gasteiger partial charge in [0, 0.05) is 19.8 Å². The molecule has 176 valence electrons. The Balaban J connectivity index is -0.000000394. The zero-order valence-electron chi connectivity index (χ0n) is 18.5. The van der Waals surface area contributed by atoms with Gasteiger partial charge in [0.25, 0.3) is 10.2 Å². The predicted molar refractivity (Wildman–Crippen MR) is 108 cm³/mol. The van der Waals surface area contributed by atoms with E-state index < -0.39 is 16.5 Å². The summed E-state index contributed by atoms with van der Waals surface area (Å²) in [5.41, 5.74) is 0. The highest BCUT2D eigenvalue weighted by molar-refractivity contribution is 4.47. The summed E-state index contributed by atoms with van der Waals surface area (Å²) in [7, 11) is 0. The van der Waals surface area contributed by atoms with Crippen LogP contribution in [0.25, 0.3) is 0 Å². The van der Waals surface area contributed by atoms with Crippen molar-refractivity contribution in [3.63, 3.8) is 0 Å². The van der Waals surface area contributed by atoms with Crippen molar-refractivity contribution in [1.29, 1.82) is 0 Å². The Labute approximate surface area is 173 Å². The van der Waals surface area contributed by atoms with Gasteiger partial charge in [0.15, 0.2) is 0 Å². The Kier molecular flexibility index (Phi) is 29.0. The predicted octanol–water partition coefficient (Wildman–Crippen LogP) is 4.41. The van der Waals surface area contributed by atoms with Crippen molar-refractivity contribution < 1.29 is 34.4 Å². The Hall–Kier alpha value is -1.72. The number of rotatable bonds is 16. The minimum Gasteiger partial charge on any atom is -0.379 e. The molecule has 0 aromatic heterocycles. The van der Waals surface area contributed by atoms with E-state index in [0.717, 1.165) is 45.5 Å². The second-order valence-corrected chi connectivity index (χ2v) is 6.09. The summed E-state index contributed by atoms with van der Waals surface area (Å²) in [5, 5.41) is 22.7. The molecule has 0 aromatic rings. The summed E-state index contributed by atoms with van der Waals surface area (Å²) in [6, 6.07) is 0. The van der Waals surface area contributed by atoms with Crippen LogP contribution in [0.4, 0.5) is 0 Å². The normalized spacial score (nSPS) is 11.9. The van der Waals surface area contributed by atoms with Crippen molar-refractivity contribution in [2.45, 2.75) is 92.0 Å². The molecule has 0 spiro atoms. The fraction of sp³-hybridized carbons (Fsp3) is 1.00. The molecule has 29 heavy (non-hydrogen) atoms. The number of hydrogen-bond donors (Lipinski definition) is 1. The molecule has 11 heteroatoms. The van der Waals surface area contributed by atoms with Gasteiger partial charge in [0.05, 0.1) is 12.7 Å². The van der Waals surface area contributed by atoms with E-state index in [-0.39, 0.29) is 6.10 Å². The SMILES string of the molecule is CCCCOC(CC)O[N+](=O)[O-].CCCCOCC(C)OCCCC.O=[N+]([O-])O. The molecule has 0 saturated heterocycles. The van der Waals surface area contributed by atoms with Crippen molar-refractivity contribution in [3.05, 3.63) is 20.2 Å². The van der Waals surface area contributed by atoms with E-state index in [9.17, 15) is 10.1 Å². The molecule has 2 atom stereocenters. The number of nitrogens with zero attached hydrogens (tertiary/aromatic N) is 2. The third-order valence-corrected chi connectivity index (χ3v) is 3.23. The molecule has 0 rings (SSSR count). The van der Waals surface area contributed by atoms with E-state index in [0.29, 0.717) is 13.0 Å². The van der Waals surface area contributed by atoms with Crippen molar-refractivity contribution in [1.82, 2.24) is 0 Å². The summed E-state index contributed by atoms with van der Waals surface area (Å²) in [6.07, 6.45) is 6.65. The third-order valence-electron chi connectivity index (χ3n) is 3.23. The molecule has 0 fully saturated rings. The van der Waals surface area contributed by atoms with Gasteiger partial charge in [-0.1, -0.05) is 47.0 Å². The average Bonchev–Trinajstić information content (AvgIpc) is 2.64. The largest absolute Gasteiger partial charge is 0.379 e. The van der Waals surface area contributed by atoms with E-state index in [1.807, 2.05) is 6.92 Å². The first-order valence-electron chi connectivity index (χ1n) is 10.2. The number of ether oxygens (including phenoxy) is 3. The zero-order valence-corrected chi connectivity index (χ0v) is 18.5. The molecule has 0 radical (unpaired) electrons. The van der Waals surface area contributed by atoms with Gasteiger partial charge in [-0.05, 0) is 32.6 Å². The molecule has 0 bridgehead atoms. The standard InChI is InChI=1S/C11H24O2.C7H15NO4.HNO3/c1-4-6-8-12-10-11(3)13-9-7-5-2;1-3-5-6-11-7(4-2)12-8(9)10;2-1(3)4/h11H,4-10H2,1-3H3;7H,3-6H2,1-2H3;(H,2,3,4). The quantitative estimate of drug-likeness (QED) is 0.163. The monoisotopic (exact) mass is 428 g/mol. The van der Waals surface area contributed by atoms with Crippen molar-refractivity contribution in [2.24, 2.45) is 0 Å². The maximum absolute atomic E-state index is 9.90.